The van der Waals surface area contributed by atoms with Crippen molar-refractivity contribution in [1.29, 1.82) is 0 Å². The molecule has 1 aliphatic heterocycles. The Kier molecular flexibility index (Phi) is 8.19. The highest BCUT2D eigenvalue weighted by Gasteiger charge is 2.17. The number of aryl methyl sites for hydroxylation is 1. The molecule has 0 unspecified atom stereocenters. The van der Waals surface area contributed by atoms with Crippen molar-refractivity contribution in [1.82, 2.24) is 4.90 Å². The summed E-state index contributed by atoms with van der Waals surface area (Å²) in [6, 6.07) is 17.0. The first kappa shape index (κ1) is 20.7. The number of carbonyl (C=O) groups excluding carboxylic acids is 1. The van der Waals surface area contributed by atoms with Crippen LogP contribution in [-0.2, 0) is 28.5 Å². The second kappa shape index (κ2) is 11.1. The molecular weight excluding hydrogens is 374 g/mol. The van der Waals surface area contributed by atoms with Gasteiger partial charge in [-0.3, -0.25) is 9.69 Å². The van der Waals surface area contributed by atoms with E-state index in [0.717, 1.165) is 44.7 Å². The maximum absolute atomic E-state index is 11.2. The number of unbranched alkanes of at least 4 members (excludes halogenated alkanes) is 2. The first-order valence-corrected chi connectivity index (χ1v) is 10.4. The van der Waals surface area contributed by atoms with E-state index in [1.165, 1.54) is 29.5 Å². The van der Waals surface area contributed by atoms with E-state index < -0.39 is 0 Å². The minimum Gasteiger partial charge on any atom is -0.494 e. The Morgan fingerprint density at radius 1 is 1.04 bits per heavy atom. The van der Waals surface area contributed by atoms with E-state index in [1.807, 2.05) is 0 Å². The molecule has 2 aromatic rings. The zero-order valence-electron chi connectivity index (χ0n) is 16.2. The predicted octanol–water partition coefficient (Wildman–Crippen LogP) is 4.92. The van der Waals surface area contributed by atoms with Crippen molar-refractivity contribution in [3.63, 3.8) is 0 Å². The SMILES string of the molecule is O=C(CCN1CCc2cc(OCCCCCc3ccccc3)ccc2C1)OCl. The normalized spacial score (nSPS) is 13.8. The van der Waals surface area contributed by atoms with Crippen molar-refractivity contribution in [2.75, 3.05) is 19.7 Å². The number of hydrogen-bond acceptors (Lipinski definition) is 4. The Morgan fingerprint density at radius 3 is 2.71 bits per heavy atom. The largest absolute Gasteiger partial charge is 0.494 e. The molecule has 0 saturated carbocycles. The molecule has 0 fully saturated rings. The lowest BCUT2D eigenvalue weighted by Crippen LogP contribution is -2.32. The third-order valence-corrected chi connectivity index (χ3v) is 5.38. The number of ether oxygens (including phenoxy) is 1. The van der Waals surface area contributed by atoms with Gasteiger partial charge in [-0.1, -0.05) is 36.4 Å². The molecule has 5 heteroatoms. The lowest BCUT2D eigenvalue weighted by Gasteiger charge is -2.28. The lowest BCUT2D eigenvalue weighted by molar-refractivity contribution is -0.134. The second-order valence-electron chi connectivity index (χ2n) is 7.30. The summed E-state index contributed by atoms with van der Waals surface area (Å²) in [6.45, 7) is 3.22. The molecule has 3 rings (SSSR count). The van der Waals surface area contributed by atoms with E-state index in [1.54, 1.807) is 0 Å². The highest BCUT2D eigenvalue weighted by Crippen LogP contribution is 2.24. The van der Waals surface area contributed by atoms with Crippen LogP contribution in [0, 0.1) is 0 Å². The fourth-order valence-electron chi connectivity index (χ4n) is 3.60. The molecule has 1 heterocycles. The van der Waals surface area contributed by atoms with Gasteiger partial charge >= 0.3 is 5.97 Å². The van der Waals surface area contributed by atoms with Gasteiger partial charge in [0.1, 0.15) is 17.6 Å². The molecular formula is C23H28ClNO3. The number of benzene rings is 2. The van der Waals surface area contributed by atoms with Crippen molar-refractivity contribution >= 4 is 17.8 Å². The Labute approximate surface area is 172 Å². The molecule has 2 aromatic carbocycles. The maximum Gasteiger partial charge on any atom is 0.326 e. The van der Waals surface area contributed by atoms with Crippen LogP contribution >= 0.6 is 11.9 Å². The summed E-state index contributed by atoms with van der Waals surface area (Å²) in [5.41, 5.74) is 4.06. The average molecular weight is 402 g/mol. The van der Waals surface area contributed by atoms with Crippen LogP contribution in [0.15, 0.2) is 48.5 Å². The minimum absolute atomic E-state index is 0.324. The Bertz CT molecular complexity index is 751. The zero-order valence-corrected chi connectivity index (χ0v) is 17.0. The van der Waals surface area contributed by atoms with Gasteiger partial charge in [0, 0.05) is 19.6 Å². The Balaban J connectivity index is 1.36. The van der Waals surface area contributed by atoms with Gasteiger partial charge in [-0.2, -0.15) is 0 Å². The molecule has 0 spiro atoms. The fourth-order valence-corrected chi connectivity index (χ4v) is 3.68. The summed E-state index contributed by atoms with van der Waals surface area (Å²) >= 11 is 5.08. The molecule has 0 aromatic heterocycles. The van der Waals surface area contributed by atoms with Crippen LogP contribution in [0.4, 0.5) is 0 Å². The molecule has 0 saturated heterocycles. The number of nitrogens with zero attached hydrogens (tertiary/aromatic N) is 1. The van der Waals surface area contributed by atoms with Crippen LogP contribution in [0.1, 0.15) is 42.4 Å². The van der Waals surface area contributed by atoms with Gasteiger partial charge in [0.25, 0.3) is 0 Å². The smallest absolute Gasteiger partial charge is 0.326 e. The van der Waals surface area contributed by atoms with E-state index in [0.29, 0.717) is 13.0 Å². The van der Waals surface area contributed by atoms with Crippen LogP contribution in [0.5, 0.6) is 5.75 Å². The molecule has 0 aliphatic carbocycles. The van der Waals surface area contributed by atoms with Crippen LogP contribution in [0.3, 0.4) is 0 Å². The summed E-state index contributed by atoms with van der Waals surface area (Å²) in [6.07, 6.45) is 5.89. The van der Waals surface area contributed by atoms with Gasteiger partial charge in [0.15, 0.2) is 0 Å². The minimum atomic E-state index is -0.375. The van der Waals surface area contributed by atoms with Crippen LogP contribution < -0.4 is 4.74 Å². The molecule has 1 aliphatic rings. The molecule has 4 nitrogen and oxygen atoms in total. The molecule has 0 atom stereocenters. The molecule has 150 valence electrons. The quantitative estimate of drug-likeness (QED) is 0.529. The van der Waals surface area contributed by atoms with Crippen LogP contribution in [0.2, 0.25) is 0 Å². The van der Waals surface area contributed by atoms with Crippen molar-refractivity contribution < 1.29 is 13.8 Å². The van der Waals surface area contributed by atoms with Gasteiger partial charge in [-0.25, -0.2) is 0 Å². The van der Waals surface area contributed by atoms with Gasteiger partial charge < -0.3 is 9.03 Å². The van der Waals surface area contributed by atoms with Crippen molar-refractivity contribution in [3.05, 3.63) is 65.2 Å². The van der Waals surface area contributed by atoms with E-state index in [2.05, 4.69) is 57.7 Å². The summed E-state index contributed by atoms with van der Waals surface area (Å²) < 4.78 is 10.2. The van der Waals surface area contributed by atoms with E-state index in [-0.39, 0.29) is 5.97 Å². The van der Waals surface area contributed by atoms with Crippen molar-refractivity contribution in [3.8, 4) is 5.75 Å². The van der Waals surface area contributed by atoms with Gasteiger partial charge in [-0.05, 0) is 60.9 Å². The van der Waals surface area contributed by atoms with Gasteiger partial charge in [0.05, 0.1) is 13.0 Å². The summed E-state index contributed by atoms with van der Waals surface area (Å²) in [4.78, 5) is 13.4. The first-order chi connectivity index (χ1) is 13.7. The number of halogens is 1. The molecule has 0 amide bonds. The Hall–Kier alpha value is -2.04. The highest BCUT2D eigenvalue weighted by molar-refractivity contribution is 6.13. The first-order valence-electron chi connectivity index (χ1n) is 10.1. The number of hydrogen-bond donors (Lipinski definition) is 0. The van der Waals surface area contributed by atoms with Crippen molar-refractivity contribution in [2.45, 2.75) is 45.1 Å². The van der Waals surface area contributed by atoms with E-state index in [4.69, 9.17) is 16.6 Å². The second-order valence-corrected chi connectivity index (χ2v) is 7.45. The predicted molar refractivity (Wildman–Crippen MR) is 111 cm³/mol. The average Bonchev–Trinajstić information content (AvgIpc) is 2.75. The van der Waals surface area contributed by atoms with Crippen LogP contribution in [-0.4, -0.2) is 30.6 Å². The van der Waals surface area contributed by atoms with E-state index in [9.17, 15) is 4.79 Å². The third-order valence-electron chi connectivity index (χ3n) is 5.21. The standard InChI is InChI=1S/C23H28ClNO3/c24-28-23(26)13-15-25-14-12-20-17-22(11-10-21(20)18-25)27-16-6-2-5-9-19-7-3-1-4-8-19/h1,3-4,7-8,10-11,17H,2,5-6,9,12-16,18H2. The highest BCUT2D eigenvalue weighted by atomic mass is 35.5. The van der Waals surface area contributed by atoms with Gasteiger partial charge in [-0.15, -0.1) is 0 Å². The Morgan fingerprint density at radius 2 is 1.89 bits per heavy atom. The number of carbonyl (C=O) groups is 1. The van der Waals surface area contributed by atoms with Gasteiger partial charge in [0.2, 0.25) is 0 Å². The third kappa shape index (κ3) is 6.54. The monoisotopic (exact) mass is 401 g/mol. The molecule has 0 radical (unpaired) electrons. The number of rotatable bonds is 10. The topological polar surface area (TPSA) is 38.8 Å². The zero-order chi connectivity index (χ0) is 19.6. The van der Waals surface area contributed by atoms with Crippen molar-refractivity contribution in [2.24, 2.45) is 0 Å². The van der Waals surface area contributed by atoms with Crippen LogP contribution in [0.25, 0.3) is 0 Å². The van der Waals surface area contributed by atoms with E-state index >= 15 is 0 Å². The molecule has 0 N–H and O–H groups in total. The molecule has 0 bridgehead atoms. The maximum atomic E-state index is 11.2. The summed E-state index contributed by atoms with van der Waals surface area (Å²) in [7, 11) is 0. The number of fused-ring (bicyclic) bond motifs is 1. The lowest BCUT2D eigenvalue weighted by atomic mass is 9.99. The summed E-state index contributed by atoms with van der Waals surface area (Å²) in [5, 5.41) is 0. The molecule has 28 heavy (non-hydrogen) atoms. The fraction of sp³-hybridized carbons (Fsp3) is 0.435. The summed E-state index contributed by atoms with van der Waals surface area (Å²) in [5.74, 6) is 0.584.